The van der Waals surface area contributed by atoms with Crippen molar-refractivity contribution in [3.05, 3.63) is 42.5 Å². The predicted octanol–water partition coefficient (Wildman–Crippen LogP) is 2.89. The lowest BCUT2D eigenvalue weighted by atomic mass is 10.3. The maximum atomic E-state index is 12.1. The van der Waals surface area contributed by atoms with E-state index in [9.17, 15) is 13.2 Å². The van der Waals surface area contributed by atoms with Crippen molar-refractivity contribution in [2.24, 2.45) is 0 Å². The number of benzene rings is 1. The van der Waals surface area contributed by atoms with Gasteiger partial charge in [0.25, 0.3) is 0 Å². The number of rotatable bonds is 4. The van der Waals surface area contributed by atoms with Crippen LogP contribution in [0.15, 0.2) is 36.8 Å². The molecular formula is C11H9F3N2O2. The Morgan fingerprint density at radius 2 is 1.89 bits per heavy atom. The fraction of sp³-hybridized carbons (Fsp3) is 0.182. The molecule has 1 aromatic carbocycles. The van der Waals surface area contributed by atoms with Crippen LogP contribution in [0.25, 0.3) is 0 Å². The lowest BCUT2D eigenvalue weighted by Crippen LogP contribution is -2.17. The van der Waals surface area contributed by atoms with Crippen molar-refractivity contribution < 1.29 is 22.6 Å². The number of nitrogens with one attached hydrogen (secondary N) is 1. The molecule has 1 N–H and O–H groups in total. The second-order valence-electron chi connectivity index (χ2n) is 3.36. The lowest BCUT2D eigenvalue weighted by molar-refractivity contribution is -0.275. The van der Waals surface area contributed by atoms with E-state index < -0.39 is 6.36 Å². The van der Waals surface area contributed by atoms with Crippen molar-refractivity contribution in [3.8, 4) is 11.5 Å². The van der Waals surface area contributed by atoms with E-state index in [1.807, 2.05) is 0 Å². The highest BCUT2D eigenvalue weighted by Gasteiger charge is 2.32. The zero-order valence-corrected chi connectivity index (χ0v) is 9.07. The van der Waals surface area contributed by atoms with Crippen LogP contribution in [-0.2, 0) is 6.61 Å². The average molecular weight is 258 g/mol. The maximum absolute atomic E-state index is 12.1. The van der Waals surface area contributed by atoms with Crippen LogP contribution in [0, 0.1) is 0 Å². The molecule has 1 heterocycles. The summed E-state index contributed by atoms with van der Waals surface area (Å²) in [5.74, 6) is -0.353. The molecule has 0 aliphatic rings. The molecule has 0 fully saturated rings. The van der Waals surface area contributed by atoms with Gasteiger partial charge in [-0.15, -0.1) is 13.2 Å². The van der Waals surface area contributed by atoms with Crippen molar-refractivity contribution >= 4 is 0 Å². The van der Waals surface area contributed by atoms with Crippen molar-refractivity contribution in [3.63, 3.8) is 0 Å². The van der Waals surface area contributed by atoms with E-state index >= 15 is 0 Å². The molecule has 0 radical (unpaired) electrons. The fourth-order valence-electron chi connectivity index (χ4n) is 1.30. The van der Waals surface area contributed by atoms with E-state index in [0.29, 0.717) is 5.69 Å². The number of halogens is 3. The SMILES string of the molecule is FC(F)(F)Oc1ccccc1OCc1cnc[nH]1. The number of aromatic amines is 1. The molecule has 0 aliphatic heterocycles. The number of H-pyrrole nitrogens is 1. The van der Waals surface area contributed by atoms with Gasteiger partial charge in [0, 0.05) is 0 Å². The summed E-state index contributed by atoms with van der Waals surface area (Å²) in [5.41, 5.74) is 0.650. The third-order valence-corrected chi connectivity index (χ3v) is 2.01. The molecule has 0 saturated carbocycles. The standard InChI is InChI=1S/C11H9F3N2O2/c12-11(13,14)18-10-4-2-1-3-9(10)17-6-8-5-15-7-16-8/h1-5,7H,6H2,(H,15,16). The van der Waals surface area contributed by atoms with Gasteiger partial charge >= 0.3 is 6.36 Å². The van der Waals surface area contributed by atoms with Crippen LogP contribution in [0.4, 0.5) is 13.2 Å². The van der Waals surface area contributed by atoms with Crippen LogP contribution in [0.5, 0.6) is 11.5 Å². The zero-order chi connectivity index (χ0) is 13.0. The molecule has 0 saturated heterocycles. The van der Waals surface area contributed by atoms with Gasteiger partial charge in [0.2, 0.25) is 0 Å². The number of hydrogen-bond donors (Lipinski definition) is 1. The first-order chi connectivity index (χ1) is 8.54. The highest BCUT2D eigenvalue weighted by molar-refractivity contribution is 5.39. The van der Waals surface area contributed by atoms with E-state index in [4.69, 9.17) is 4.74 Å². The average Bonchev–Trinajstić information content (AvgIpc) is 2.79. The van der Waals surface area contributed by atoms with Gasteiger partial charge in [-0.25, -0.2) is 4.98 Å². The van der Waals surface area contributed by atoms with Crippen LogP contribution in [-0.4, -0.2) is 16.3 Å². The number of imidazole rings is 1. The monoisotopic (exact) mass is 258 g/mol. The van der Waals surface area contributed by atoms with Gasteiger partial charge in [-0.1, -0.05) is 12.1 Å². The molecule has 0 bridgehead atoms. The summed E-state index contributed by atoms with van der Waals surface area (Å²) in [6, 6.07) is 5.59. The normalized spacial score (nSPS) is 11.3. The Morgan fingerprint density at radius 3 is 2.50 bits per heavy atom. The second-order valence-corrected chi connectivity index (χ2v) is 3.36. The first-order valence-corrected chi connectivity index (χ1v) is 4.99. The summed E-state index contributed by atoms with van der Waals surface area (Å²) in [6.45, 7) is 0.0816. The van der Waals surface area contributed by atoms with Gasteiger partial charge in [0.1, 0.15) is 6.61 Å². The lowest BCUT2D eigenvalue weighted by Gasteiger charge is -2.13. The van der Waals surface area contributed by atoms with Gasteiger partial charge in [-0.2, -0.15) is 0 Å². The largest absolute Gasteiger partial charge is 0.573 e. The summed E-state index contributed by atoms with van der Waals surface area (Å²) in [4.78, 5) is 6.55. The van der Waals surface area contributed by atoms with Gasteiger partial charge in [-0.05, 0) is 12.1 Å². The number of hydrogen-bond acceptors (Lipinski definition) is 3. The van der Waals surface area contributed by atoms with E-state index in [1.165, 1.54) is 30.7 Å². The van der Waals surface area contributed by atoms with E-state index in [2.05, 4.69) is 14.7 Å². The number of alkyl halides is 3. The molecule has 96 valence electrons. The predicted molar refractivity (Wildman–Crippen MR) is 56.0 cm³/mol. The van der Waals surface area contributed by atoms with Crippen LogP contribution in [0.1, 0.15) is 5.69 Å². The van der Waals surface area contributed by atoms with E-state index in [0.717, 1.165) is 0 Å². The van der Waals surface area contributed by atoms with Crippen molar-refractivity contribution in [1.82, 2.24) is 9.97 Å². The molecule has 0 spiro atoms. The van der Waals surface area contributed by atoms with E-state index in [-0.39, 0.29) is 18.1 Å². The molecule has 2 rings (SSSR count). The Hall–Kier alpha value is -2.18. The Kier molecular flexibility index (Phi) is 3.40. The minimum Gasteiger partial charge on any atom is -0.483 e. The Balaban J connectivity index is 2.07. The van der Waals surface area contributed by atoms with Gasteiger partial charge in [0.05, 0.1) is 18.2 Å². The van der Waals surface area contributed by atoms with Gasteiger partial charge in [-0.3, -0.25) is 0 Å². The fourth-order valence-corrected chi connectivity index (χ4v) is 1.30. The Bertz CT molecular complexity index is 497. The molecule has 0 atom stereocenters. The summed E-state index contributed by atoms with van der Waals surface area (Å²) in [5, 5.41) is 0. The number of nitrogens with zero attached hydrogens (tertiary/aromatic N) is 1. The second kappa shape index (κ2) is 4.99. The first kappa shape index (κ1) is 12.3. The molecule has 4 nitrogen and oxygen atoms in total. The van der Waals surface area contributed by atoms with Crippen LogP contribution < -0.4 is 9.47 Å². The quantitative estimate of drug-likeness (QED) is 0.917. The summed E-state index contributed by atoms with van der Waals surface area (Å²) in [7, 11) is 0. The van der Waals surface area contributed by atoms with Gasteiger partial charge in [0.15, 0.2) is 11.5 Å². The summed E-state index contributed by atoms with van der Waals surface area (Å²) >= 11 is 0. The van der Waals surface area contributed by atoms with Crippen LogP contribution in [0.2, 0.25) is 0 Å². The van der Waals surface area contributed by atoms with Crippen LogP contribution in [0.3, 0.4) is 0 Å². The number of ether oxygens (including phenoxy) is 2. The van der Waals surface area contributed by atoms with Crippen molar-refractivity contribution in [2.75, 3.05) is 0 Å². The molecular weight excluding hydrogens is 249 g/mol. The molecule has 18 heavy (non-hydrogen) atoms. The zero-order valence-electron chi connectivity index (χ0n) is 9.07. The number of aromatic nitrogens is 2. The molecule has 0 unspecified atom stereocenters. The van der Waals surface area contributed by atoms with Crippen molar-refractivity contribution in [1.29, 1.82) is 0 Å². The summed E-state index contributed by atoms with van der Waals surface area (Å²) in [6.07, 6.45) is -1.77. The molecule has 2 aromatic rings. The van der Waals surface area contributed by atoms with Gasteiger partial charge < -0.3 is 14.5 Å². The summed E-state index contributed by atoms with van der Waals surface area (Å²) < 4.78 is 45.5. The smallest absolute Gasteiger partial charge is 0.483 e. The van der Waals surface area contributed by atoms with Crippen molar-refractivity contribution in [2.45, 2.75) is 13.0 Å². The first-order valence-electron chi connectivity index (χ1n) is 4.99. The molecule has 7 heteroatoms. The highest BCUT2D eigenvalue weighted by Crippen LogP contribution is 2.32. The highest BCUT2D eigenvalue weighted by atomic mass is 19.4. The molecule has 0 aliphatic carbocycles. The third-order valence-electron chi connectivity index (χ3n) is 2.01. The number of para-hydroxylation sites is 2. The minimum atomic E-state index is -4.74. The van der Waals surface area contributed by atoms with Crippen LogP contribution >= 0.6 is 0 Å². The molecule has 0 amide bonds. The Morgan fingerprint density at radius 1 is 1.17 bits per heavy atom. The van der Waals surface area contributed by atoms with E-state index in [1.54, 1.807) is 6.07 Å². The molecule has 1 aromatic heterocycles. The third kappa shape index (κ3) is 3.41. The maximum Gasteiger partial charge on any atom is 0.573 e. The Labute approximate surface area is 100 Å². The topological polar surface area (TPSA) is 47.1 Å². The minimum absolute atomic E-state index is 0.0180.